The SMILES string of the molecule is N#Cc1cc(NCc2ccc(Cl)s2)ccn1. The van der Waals surface area contributed by atoms with Gasteiger partial charge >= 0.3 is 0 Å². The normalized spacial score (nSPS) is 9.75. The highest BCUT2D eigenvalue weighted by molar-refractivity contribution is 7.16. The maximum Gasteiger partial charge on any atom is 0.142 e. The van der Waals surface area contributed by atoms with Crippen molar-refractivity contribution in [2.24, 2.45) is 0 Å². The standard InChI is InChI=1S/C11H8ClN3S/c12-11-2-1-10(16-11)7-15-8-3-4-14-9(5-8)6-13/h1-5H,7H2,(H,14,15). The first-order valence-electron chi connectivity index (χ1n) is 4.62. The molecule has 0 unspecified atom stereocenters. The van der Waals surface area contributed by atoms with Gasteiger partial charge in [-0.05, 0) is 24.3 Å². The van der Waals surface area contributed by atoms with Gasteiger partial charge in [0.1, 0.15) is 11.8 Å². The number of halogens is 1. The van der Waals surface area contributed by atoms with Gasteiger partial charge in [-0.15, -0.1) is 11.3 Å². The van der Waals surface area contributed by atoms with Crippen LogP contribution >= 0.6 is 22.9 Å². The molecule has 0 fully saturated rings. The third-order valence-electron chi connectivity index (χ3n) is 1.97. The summed E-state index contributed by atoms with van der Waals surface area (Å²) in [6.45, 7) is 0.701. The molecule has 2 heterocycles. The van der Waals surface area contributed by atoms with Crippen LogP contribution in [0.25, 0.3) is 0 Å². The Morgan fingerprint density at radius 3 is 3.00 bits per heavy atom. The Morgan fingerprint density at radius 1 is 1.44 bits per heavy atom. The molecule has 5 heteroatoms. The molecule has 0 amide bonds. The van der Waals surface area contributed by atoms with Crippen molar-refractivity contribution >= 4 is 28.6 Å². The number of hydrogen-bond donors (Lipinski definition) is 1. The van der Waals surface area contributed by atoms with Crippen LogP contribution in [0.3, 0.4) is 0 Å². The summed E-state index contributed by atoms with van der Waals surface area (Å²) in [4.78, 5) is 5.05. The second-order valence-electron chi connectivity index (χ2n) is 3.10. The zero-order chi connectivity index (χ0) is 11.4. The van der Waals surface area contributed by atoms with Gasteiger partial charge in [-0.3, -0.25) is 0 Å². The second-order valence-corrected chi connectivity index (χ2v) is 4.90. The third-order valence-corrected chi connectivity index (χ3v) is 3.20. The maximum absolute atomic E-state index is 8.69. The lowest BCUT2D eigenvalue weighted by Gasteiger charge is -2.03. The molecule has 0 radical (unpaired) electrons. The molecule has 0 bridgehead atoms. The molecule has 0 atom stereocenters. The molecular weight excluding hydrogens is 242 g/mol. The fourth-order valence-corrected chi connectivity index (χ4v) is 2.26. The van der Waals surface area contributed by atoms with Crippen molar-refractivity contribution in [1.29, 1.82) is 5.26 Å². The first kappa shape index (κ1) is 10.9. The van der Waals surface area contributed by atoms with E-state index in [2.05, 4.69) is 10.3 Å². The highest BCUT2D eigenvalue weighted by Crippen LogP contribution is 2.22. The predicted molar refractivity (Wildman–Crippen MR) is 65.6 cm³/mol. The summed E-state index contributed by atoms with van der Waals surface area (Å²) in [7, 11) is 0. The zero-order valence-electron chi connectivity index (χ0n) is 8.27. The molecule has 16 heavy (non-hydrogen) atoms. The van der Waals surface area contributed by atoms with E-state index < -0.39 is 0 Å². The number of nitrogens with one attached hydrogen (secondary N) is 1. The molecule has 0 spiro atoms. The number of rotatable bonds is 3. The van der Waals surface area contributed by atoms with Crippen molar-refractivity contribution < 1.29 is 0 Å². The molecule has 80 valence electrons. The Bertz CT molecular complexity index is 530. The van der Waals surface area contributed by atoms with Crippen molar-refractivity contribution in [1.82, 2.24) is 4.98 Å². The van der Waals surface area contributed by atoms with E-state index in [4.69, 9.17) is 16.9 Å². The Kier molecular flexibility index (Phi) is 3.40. The minimum atomic E-state index is 0.411. The van der Waals surface area contributed by atoms with Crippen LogP contribution in [0.1, 0.15) is 10.6 Å². The van der Waals surface area contributed by atoms with Crippen molar-refractivity contribution in [2.75, 3.05) is 5.32 Å². The van der Waals surface area contributed by atoms with Gasteiger partial charge in [0.05, 0.1) is 4.34 Å². The molecule has 0 aromatic carbocycles. The Balaban J connectivity index is 2.02. The molecule has 0 aliphatic rings. The number of pyridine rings is 1. The van der Waals surface area contributed by atoms with Crippen molar-refractivity contribution in [2.45, 2.75) is 6.54 Å². The molecule has 0 aliphatic heterocycles. The van der Waals surface area contributed by atoms with Gasteiger partial charge in [0, 0.05) is 23.3 Å². The van der Waals surface area contributed by atoms with Crippen LogP contribution < -0.4 is 5.32 Å². The van der Waals surface area contributed by atoms with Gasteiger partial charge in [0.25, 0.3) is 0 Å². The van der Waals surface area contributed by atoms with E-state index in [0.29, 0.717) is 12.2 Å². The van der Waals surface area contributed by atoms with Crippen molar-refractivity contribution in [3.05, 3.63) is 45.4 Å². The smallest absolute Gasteiger partial charge is 0.142 e. The molecule has 1 N–H and O–H groups in total. The Morgan fingerprint density at radius 2 is 2.31 bits per heavy atom. The summed E-state index contributed by atoms with van der Waals surface area (Å²) in [5.41, 5.74) is 1.30. The number of nitrogens with zero attached hydrogens (tertiary/aromatic N) is 2. The largest absolute Gasteiger partial charge is 0.380 e. The maximum atomic E-state index is 8.69. The average Bonchev–Trinajstić information content (AvgIpc) is 2.73. The molecule has 0 saturated heterocycles. The number of nitriles is 1. The fraction of sp³-hybridized carbons (Fsp3) is 0.0909. The topological polar surface area (TPSA) is 48.7 Å². The fourth-order valence-electron chi connectivity index (χ4n) is 1.24. The van der Waals surface area contributed by atoms with Crippen LogP contribution in [-0.4, -0.2) is 4.98 Å². The lowest BCUT2D eigenvalue weighted by molar-refractivity contribution is 1.17. The lowest BCUT2D eigenvalue weighted by Crippen LogP contribution is -1.98. The monoisotopic (exact) mass is 249 g/mol. The van der Waals surface area contributed by atoms with Crippen LogP contribution in [0.4, 0.5) is 5.69 Å². The lowest BCUT2D eigenvalue weighted by atomic mass is 10.3. The third kappa shape index (κ3) is 2.72. The quantitative estimate of drug-likeness (QED) is 0.908. The minimum Gasteiger partial charge on any atom is -0.380 e. The first-order chi connectivity index (χ1) is 7.78. The minimum absolute atomic E-state index is 0.411. The van der Waals surface area contributed by atoms with E-state index in [1.54, 1.807) is 12.3 Å². The van der Waals surface area contributed by atoms with Gasteiger partial charge in [0.2, 0.25) is 0 Å². The molecule has 2 aromatic rings. The molecule has 0 saturated carbocycles. The Hall–Kier alpha value is -1.57. The molecule has 3 nitrogen and oxygen atoms in total. The number of anilines is 1. The summed E-state index contributed by atoms with van der Waals surface area (Å²) in [5.74, 6) is 0. The van der Waals surface area contributed by atoms with Crippen LogP contribution in [0.2, 0.25) is 4.34 Å². The zero-order valence-corrected chi connectivity index (χ0v) is 9.85. The first-order valence-corrected chi connectivity index (χ1v) is 5.81. The number of thiophene rings is 1. The van der Waals surface area contributed by atoms with Gasteiger partial charge in [0.15, 0.2) is 0 Å². The van der Waals surface area contributed by atoms with Crippen LogP contribution in [0.15, 0.2) is 30.5 Å². The molecule has 2 aromatic heterocycles. The van der Waals surface area contributed by atoms with E-state index in [0.717, 1.165) is 14.9 Å². The van der Waals surface area contributed by atoms with Gasteiger partial charge in [-0.1, -0.05) is 11.6 Å². The number of aromatic nitrogens is 1. The number of hydrogen-bond acceptors (Lipinski definition) is 4. The molecular formula is C11H8ClN3S. The van der Waals surface area contributed by atoms with Crippen LogP contribution in [-0.2, 0) is 6.54 Å². The highest BCUT2D eigenvalue weighted by Gasteiger charge is 1.99. The predicted octanol–water partition coefficient (Wildman–Crippen LogP) is 3.28. The highest BCUT2D eigenvalue weighted by atomic mass is 35.5. The Labute approximate surface area is 102 Å². The average molecular weight is 250 g/mol. The van der Waals surface area contributed by atoms with Crippen LogP contribution in [0, 0.1) is 11.3 Å². The van der Waals surface area contributed by atoms with E-state index in [1.807, 2.05) is 24.3 Å². The van der Waals surface area contributed by atoms with Gasteiger partial charge < -0.3 is 5.32 Å². The summed E-state index contributed by atoms with van der Waals surface area (Å²) < 4.78 is 0.782. The van der Waals surface area contributed by atoms with Gasteiger partial charge in [-0.25, -0.2) is 4.98 Å². The van der Waals surface area contributed by atoms with Crippen LogP contribution in [0.5, 0.6) is 0 Å². The van der Waals surface area contributed by atoms with E-state index in [-0.39, 0.29) is 0 Å². The van der Waals surface area contributed by atoms with Crippen molar-refractivity contribution in [3.8, 4) is 6.07 Å². The van der Waals surface area contributed by atoms with Gasteiger partial charge in [-0.2, -0.15) is 5.26 Å². The molecule has 2 rings (SSSR count). The second kappa shape index (κ2) is 4.97. The summed E-state index contributed by atoms with van der Waals surface area (Å²) in [6, 6.07) is 9.40. The molecule has 0 aliphatic carbocycles. The summed E-state index contributed by atoms with van der Waals surface area (Å²) in [5, 5.41) is 11.9. The van der Waals surface area contributed by atoms with E-state index in [9.17, 15) is 0 Å². The van der Waals surface area contributed by atoms with E-state index in [1.165, 1.54) is 11.3 Å². The van der Waals surface area contributed by atoms with E-state index >= 15 is 0 Å². The van der Waals surface area contributed by atoms with Crippen molar-refractivity contribution in [3.63, 3.8) is 0 Å². The summed E-state index contributed by atoms with van der Waals surface area (Å²) >= 11 is 7.37. The summed E-state index contributed by atoms with van der Waals surface area (Å²) in [6.07, 6.45) is 1.61.